The summed E-state index contributed by atoms with van der Waals surface area (Å²) >= 11 is 0. The molecule has 1 atom stereocenters. The molecule has 0 aromatic heterocycles. The molecule has 0 N–H and O–H groups in total. The second-order valence-electron chi connectivity index (χ2n) is 3.97. The van der Waals surface area contributed by atoms with Gasteiger partial charge in [0.05, 0.1) is 12.7 Å². The van der Waals surface area contributed by atoms with Crippen LogP contribution < -0.4 is 4.74 Å². The maximum Gasteiger partial charge on any atom is 0.337 e. The predicted molar refractivity (Wildman–Crippen MR) is 77.7 cm³/mol. The van der Waals surface area contributed by atoms with Crippen molar-refractivity contribution in [3.8, 4) is 11.5 Å². The number of esters is 1. The smallest absolute Gasteiger partial charge is 0.337 e. The number of carbonyl (C=O) groups is 1. The second-order valence-corrected chi connectivity index (χ2v) is 4.37. The van der Waals surface area contributed by atoms with Crippen molar-refractivity contribution in [3.05, 3.63) is 59.7 Å². The first-order chi connectivity index (χ1) is 9.22. The van der Waals surface area contributed by atoms with Crippen molar-refractivity contribution in [2.45, 2.75) is 6.16 Å². The van der Waals surface area contributed by atoms with Crippen LogP contribution in [0.1, 0.15) is 15.9 Å². The first-order valence-corrected chi connectivity index (χ1v) is 6.70. The zero-order chi connectivity index (χ0) is 13.7. The van der Waals surface area contributed by atoms with Gasteiger partial charge < -0.3 is 9.47 Å². The van der Waals surface area contributed by atoms with Crippen LogP contribution in [0.15, 0.2) is 48.5 Å². The van der Waals surface area contributed by atoms with Crippen LogP contribution in [-0.2, 0) is 10.9 Å². The van der Waals surface area contributed by atoms with E-state index < -0.39 is 0 Å². The van der Waals surface area contributed by atoms with E-state index >= 15 is 0 Å². The van der Waals surface area contributed by atoms with Gasteiger partial charge in [-0.2, -0.15) is 0 Å². The Morgan fingerprint density at radius 3 is 2.00 bits per heavy atom. The van der Waals surface area contributed by atoms with Gasteiger partial charge in [0.1, 0.15) is 11.5 Å². The van der Waals surface area contributed by atoms with Gasteiger partial charge in [-0.15, -0.1) is 9.24 Å². The third-order valence-corrected chi connectivity index (χ3v) is 3.14. The van der Waals surface area contributed by atoms with Crippen molar-refractivity contribution in [1.29, 1.82) is 0 Å². The highest BCUT2D eigenvalue weighted by Crippen LogP contribution is 2.22. The summed E-state index contributed by atoms with van der Waals surface area (Å²) in [4.78, 5) is 11.3. The lowest BCUT2D eigenvalue weighted by Crippen LogP contribution is -2.00. The summed E-state index contributed by atoms with van der Waals surface area (Å²) in [7, 11) is 4.04. The van der Waals surface area contributed by atoms with Crippen LogP contribution in [0.5, 0.6) is 11.5 Å². The van der Waals surface area contributed by atoms with Crippen molar-refractivity contribution < 1.29 is 14.3 Å². The van der Waals surface area contributed by atoms with E-state index in [1.54, 1.807) is 24.3 Å². The minimum absolute atomic E-state index is 0.351. The first kappa shape index (κ1) is 13.6. The van der Waals surface area contributed by atoms with Gasteiger partial charge in [-0.3, -0.25) is 0 Å². The third-order valence-electron chi connectivity index (χ3n) is 2.67. The number of rotatable bonds is 4. The Morgan fingerprint density at radius 2 is 1.53 bits per heavy atom. The molecule has 0 amide bonds. The minimum Gasteiger partial charge on any atom is -0.465 e. The molecule has 98 valence electrons. The number of benzene rings is 2. The maximum atomic E-state index is 11.3. The molecule has 0 aliphatic rings. The van der Waals surface area contributed by atoms with Gasteiger partial charge in [0.25, 0.3) is 0 Å². The normalized spacial score (nSPS) is 10.0. The molecule has 2 rings (SSSR count). The van der Waals surface area contributed by atoms with Gasteiger partial charge in [-0.1, -0.05) is 12.1 Å². The molecule has 3 nitrogen and oxygen atoms in total. The van der Waals surface area contributed by atoms with Gasteiger partial charge in [0, 0.05) is 0 Å². The van der Waals surface area contributed by atoms with Crippen molar-refractivity contribution in [3.63, 3.8) is 0 Å². The van der Waals surface area contributed by atoms with Crippen LogP contribution in [0, 0.1) is 0 Å². The molecule has 2 aromatic carbocycles. The average molecular weight is 274 g/mol. The molecule has 0 spiro atoms. The van der Waals surface area contributed by atoms with Gasteiger partial charge >= 0.3 is 5.97 Å². The Morgan fingerprint density at radius 1 is 1.00 bits per heavy atom. The molecule has 4 heteroatoms. The van der Waals surface area contributed by atoms with E-state index in [9.17, 15) is 4.79 Å². The van der Waals surface area contributed by atoms with E-state index in [1.165, 1.54) is 12.7 Å². The van der Waals surface area contributed by atoms with Crippen molar-refractivity contribution in [2.24, 2.45) is 0 Å². The lowest BCUT2D eigenvalue weighted by molar-refractivity contribution is 0.0600. The Bertz CT molecular complexity index is 547. The third kappa shape index (κ3) is 3.55. The van der Waals surface area contributed by atoms with Crippen molar-refractivity contribution in [2.75, 3.05) is 7.11 Å². The summed E-state index contributed by atoms with van der Waals surface area (Å²) in [6.45, 7) is 0. The fourth-order valence-corrected chi connectivity index (χ4v) is 1.88. The molecule has 0 aliphatic heterocycles. The SMILES string of the molecule is COC(=O)c1ccc(Oc2ccc(CP)cc2)cc1. The molecule has 1 unspecified atom stereocenters. The van der Waals surface area contributed by atoms with E-state index in [4.69, 9.17) is 4.74 Å². The lowest BCUT2D eigenvalue weighted by atomic mass is 10.2. The molecular formula is C15H15O3P. The standard InChI is InChI=1S/C15H15O3P/c1-17-15(16)12-4-8-14(9-5-12)18-13-6-2-11(10-19)3-7-13/h2-9H,10,19H2,1H3. The largest absolute Gasteiger partial charge is 0.465 e. The van der Waals surface area contributed by atoms with E-state index in [0.29, 0.717) is 11.3 Å². The Hall–Kier alpha value is -1.86. The van der Waals surface area contributed by atoms with Crippen LogP contribution in [0.3, 0.4) is 0 Å². The van der Waals surface area contributed by atoms with Gasteiger partial charge in [0.15, 0.2) is 0 Å². The highest BCUT2D eigenvalue weighted by molar-refractivity contribution is 7.15. The molecule has 0 saturated carbocycles. The first-order valence-electron chi connectivity index (χ1n) is 5.88. The summed E-state index contributed by atoms with van der Waals surface area (Å²) in [5.41, 5.74) is 1.74. The lowest BCUT2D eigenvalue weighted by Gasteiger charge is -2.07. The van der Waals surface area contributed by atoms with Gasteiger partial charge in [-0.25, -0.2) is 4.79 Å². The molecule has 19 heavy (non-hydrogen) atoms. The summed E-state index contributed by atoms with van der Waals surface area (Å²) < 4.78 is 10.3. The highest BCUT2D eigenvalue weighted by atomic mass is 31.0. The van der Waals surface area contributed by atoms with Crippen LogP contribution in [0.4, 0.5) is 0 Å². The van der Waals surface area contributed by atoms with Gasteiger partial charge in [-0.05, 0) is 48.1 Å². The molecule has 0 bridgehead atoms. The molecule has 2 aromatic rings. The summed E-state index contributed by atoms with van der Waals surface area (Å²) in [5, 5.41) is 0. The van der Waals surface area contributed by atoms with E-state index in [2.05, 4.69) is 14.0 Å². The second kappa shape index (κ2) is 6.35. The maximum absolute atomic E-state index is 11.3. The fourth-order valence-electron chi connectivity index (χ4n) is 1.61. The van der Waals surface area contributed by atoms with E-state index in [0.717, 1.165) is 11.9 Å². The van der Waals surface area contributed by atoms with Crippen LogP contribution in [-0.4, -0.2) is 13.1 Å². The predicted octanol–water partition coefficient (Wildman–Crippen LogP) is 3.64. The molecule has 0 saturated heterocycles. The van der Waals surface area contributed by atoms with E-state index in [-0.39, 0.29) is 5.97 Å². The van der Waals surface area contributed by atoms with Gasteiger partial charge in [0.2, 0.25) is 0 Å². The van der Waals surface area contributed by atoms with Crippen LogP contribution in [0.2, 0.25) is 0 Å². The minimum atomic E-state index is -0.351. The van der Waals surface area contributed by atoms with Crippen molar-refractivity contribution in [1.82, 2.24) is 0 Å². The Balaban J connectivity index is 2.08. The zero-order valence-electron chi connectivity index (χ0n) is 10.6. The molecular weight excluding hydrogens is 259 g/mol. The number of hydrogen-bond donors (Lipinski definition) is 0. The monoisotopic (exact) mass is 274 g/mol. The fraction of sp³-hybridized carbons (Fsp3) is 0.133. The topological polar surface area (TPSA) is 35.5 Å². The average Bonchev–Trinajstić information content (AvgIpc) is 2.48. The quantitative estimate of drug-likeness (QED) is 0.630. The molecule has 0 heterocycles. The summed E-state index contributed by atoms with van der Waals surface area (Å²) in [5.74, 6) is 1.11. The number of hydrogen-bond acceptors (Lipinski definition) is 3. The Kier molecular flexibility index (Phi) is 4.53. The molecule has 0 aliphatic carbocycles. The highest BCUT2D eigenvalue weighted by Gasteiger charge is 2.05. The number of methoxy groups -OCH3 is 1. The molecule has 0 fully saturated rings. The van der Waals surface area contributed by atoms with Crippen LogP contribution >= 0.6 is 9.24 Å². The number of ether oxygens (including phenoxy) is 2. The Labute approximate surface area is 114 Å². The summed E-state index contributed by atoms with van der Waals surface area (Å²) in [6.07, 6.45) is 0.925. The van der Waals surface area contributed by atoms with Crippen molar-refractivity contribution >= 4 is 15.2 Å². The van der Waals surface area contributed by atoms with Crippen LogP contribution in [0.25, 0.3) is 0 Å². The van der Waals surface area contributed by atoms with E-state index in [1.807, 2.05) is 24.3 Å². The summed E-state index contributed by atoms with van der Waals surface area (Å²) in [6, 6.07) is 14.7. The zero-order valence-corrected chi connectivity index (χ0v) is 11.8. The molecule has 0 radical (unpaired) electrons. The number of carbonyl (C=O) groups excluding carboxylic acids is 1.